The Labute approximate surface area is 252 Å². The molecule has 220 valence electrons. The molecule has 0 saturated carbocycles. The molecule has 0 fully saturated rings. The van der Waals surface area contributed by atoms with Crippen molar-refractivity contribution in [2.75, 3.05) is 6.61 Å². The molecule has 2 heterocycles. The van der Waals surface area contributed by atoms with E-state index in [1.807, 2.05) is 54.6 Å². The SMILES string of the molecule is CCCCCCOc1ccc(-c2cnc(-c3ccc(C[C@H](NC(=O)c4ccc(C(C)(C)C)s4)C(=O)O)cc3)nc2)cc1. The fourth-order valence-electron chi connectivity index (χ4n) is 4.41. The smallest absolute Gasteiger partial charge is 0.326 e. The molecule has 2 aromatic carbocycles. The number of nitrogens with zero attached hydrogens (tertiary/aromatic N) is 2. The molecule has 1 atom stereocenters. The molecule has 0 spiro atoms. The Hall–Kier alpha value is -4.04. The lowest BCUT2D eigenvalue weighted by Crippen LogP contribution is -2.42. The lowest BCUT2D eigenvalue weighted by molar-refractivity contribution is -0.139. The predicted molar refractivity (Wildman–Crippen MR) is 168 cm³/mol. The number of rotatable bonds is 13. The molecule has 1 amide bonds. The van der Waals surface area contributed by atoms with Crippen molar-refractivity contribution in [2.24, 2.45) is 0 Å². The highest BCUT2D eigenvalue weighted by Gasteiger charge is 2.24. The second-order valence-electron chi connectivity index (χ2n) is 11.4. The molecular formula is C34H39N3O4S. The zero-order valence-corrected chi connectivity index (χ0v) is 25.5. The Balaban J connectivity index is 1.34. The number of amides is 1. The van der Waals surface area contributed by atoms with E-state index in [1.165, 1.54) is 30.6 Å². The summed E-state index contributed by atoms with van der Waals surface area (Å²) in [5.74, 6) is -0.0188. The Kier molecular flexibility index (Phi) is 10.5. The summed E-state index contributed by atoms with van der Waals surface area (Å²) in [5.41, 5.74) is 3.45. The van der Waals surface area contributed by atoms with Crippen molar-refractivity contribution in [2.45, 2.75) is 71.3 Å². The molecular weight excluding hydrogens is 546 g/mol. The molecule has 7 nitrogen and oxygen atoms in total. The summed E-state index contributed by atoms with van der Waals surface area (Å²) in [6, 6.07) is 18.0. The maximum Gasteiger partial charge on any atom is 0.326 e. The van der Waals surface area contributed by atoms with Crippen LogP contribution < -0.4 is 10.1 Å². The number of carbonyl (C=O) groups excluding carboxylic acids is 1. The van der Waals surface area contributed by atoms with E-state index < -0.39 is 12.0 Å². The van der Waals surface area contributed by atoms with Crippen LogP contribution in [0.2, 0.25) is 0 Å². The van der Waals surface area contributed by atoms with E-state index in [9.17, 15) is 14.7 Å². The molecule has 4 rings (SSSR count). The molecule has 4 aromatic rings. The van der Waals surface area contributed by atoms with Gasteiger partial charge in [-0.05, 0) is 47.2 Å². The van der Waals surface area contributed by atoms with Crippen LogP contribution in [0.3, 0.4) is 0 Å². The molecule has 2 aromatic heterocycles. The van der Waals surface area contributed by atoms with Crippen molar-refractivity contribution in [3.8, 4) is 28.3 Å². The van der Waals surface area contributed by atoms with Gasteiger partial charge < -0.3 is 15.2 Å². The minimum absolute atomic E-state index is 0.0742. The lowest BCUT2D eigenvalue weighted by atomic mass is 9.95. The average Bonchev–Trinajstić information content (AvgIpc) is 3.49. The van der Waals surface area contributed by atoms with Gasteiger partial charge in [-0.3, -0.25) is 4.79 Å². The number of aromatic nitrogens is 2. The summed E-state index contributed by atoms with van der Waals surface area (Å²) in [5, 5.41) is 12.4. The first-order valence-corrected chi connectivity index (χ1v) is 15.2. The number of carboxylic acids is 1. The van der Waals surface area contributed by atoms with E-state index in [1.54, 1.807) is 18.5 Å². The molecule has 0 bridgehead atoms. The summed E-state index contributed by atoms with van der Waals surface area (Å²) in [6.07, 6.45) is 8.46. The summed E-state index contributed by atoms with van der Waals surface area (Å²) >= 11 is 1.39. The van der Waals surface area contributed by atoms with E-state index in [-0.39, 0.29) is 17.7 Å². The maximum atomic E-state index is 12.8. The third-order valence-corrected chi connectivity index (χ3v) is 8.44. The van der Waals surface area contributed by atoms with Crippen LogP contribution in [-0.4, -0.2) is 39.6 Å². The number of aliphatic carboxylic acids is 1. The number of ether oxygens (including phenoxy) is 1. The number of hydrogen-bond acceptors (Lipinski definition) is 6. The molecule has 0 saturated heterocycles. The number of carbonyl (C=O) groups is 2. The van der Waals surface area contributed by atoms with E-state index in [4.69, 9.17) is 4.74 Å². The third-order valence-electron chi connectivity index (χ3n) is 6.93. The Morgan fingerprint density at radius 3 is 2.14 bits per heavy atom. The molecule has 42 heavy (non-hydrogen) atoms. The van der Waals surface area contributed by atoms with Crippen LogP contribution in [0, 0.1) is 0 Å². The first-order valence-electron chi connectivity index (χ1n) is 14.4. The van der Waals surface area contributed by atoms with Crippen molar-refractivity contribution >= 4 is 23.2 Å². The highest BCUT2D eigenvalue weighted by Crippen LogP contribution is 2.29. The first kappa shape index (κ1) is 30.9. The molecule has 0 aliphatic carbocycles. The van der Waals surface area contributed by atoms with E-state index in [0.29, 0.717) is 10.7 Å². The topological polar surface area (TPSA) is 101 Å². The number of unbranched alkanes of at least 4 members (excludes halogenated alkanes) is 3. The van der Waals surface area contributed by atoms with Gasteiger partial charge in [0.1, 0.15) is 11.8 Å². The zero-order chi connectivity index (χ0) is 30.1. The molecule has 0 aliphatic heterocycles. The fraction of sp³-hybridized carbons (Fsp3) is 0.353. The number of nitrogens with one attached hydrogen (secondary N) is 1. The average molecular weight is 586 g/mol. The van der Waals surface area contributed by atoms with Crippen molar-refractivity contribution in [3.63, 3.8) is 0 Å². The molecule has 8 heteroatoms. The second kappa shape index (κ2) is 14.2. The number of carboxylic acid groups (broad SMARTS) is 1. The van der Waals surface area contributed by atoms with Gasteiger partial charge in [-0.2, -0.15) is 0 Å². The largest absolute Gasteiger partial charge is 0.494 e. The van der Waals surface area contributed by atoms with E-state index in [0.717, 1.165) is 45.9 Å². The van der Waals surface area contributed by atoms with Gasteiger partial charge in [0.05, 0.1) is 11.5 Å². The lowest BCUT2D eigenvalue weighted by Gasteiger charge is -2.16. The fourth-order valence-corrected chi connectivity index (χ4v) is 5.37. The molecule has 0 aliphatic rings. The summed E-state index contributed by atoms with van der Waals surface area (Å²) < 4.78 is 5.83. The number of hydrogen-bond donors (Lipinski definition) is 2. The third kappa shape index (κ3) is 8.49. The Morgan fingerprint density at radius 2 is 1.55 bits per heavy atom. The highest BCUT2D eigenvalue weighted by molar-refractivity contribution is 7.14. The first-order chi connectivity index (χ1) is 20.1. The van der Waals surface area contributed by atoms with Crippen molar-refractivity contribution < 1.29 is 19.4 Å². The highest BCUT2D eigenvalue weighted by atomic mass is 32.1. The number of thiophene rings is 1. The van der Waals surface area contributed by atoms with Gasteiger partial charge in [-0.25, -0.2) is 14.8 Å². The predicted octanol–water partition coefficient (Wildman–Crippen LogP) is 7.55. The van der Waals surface area contributed by atoms with Gasteiger partial charge in [0, 0.05) is 34.8 Å². The zero-order valence-electron chi connectivity index (χ0n) is 24.7. The van der Waals surface area contributed by atoms with Crippen LogP contribution in [0.15, 0.2) is 73.1 Å². The van der Waals surface area contributed by atoms with Crippen molar-refractivity contribution in [1.29, 1.82) is 0 Å². The standard InChI is InChI=1S/C34H39N3O4S/c1-5-6-7-8-19-41-27-15-13-24(14-16-27)26-21-35-31(36-22-26)25-11-9-23(10-12-25)20-28(33(39)40)37-32(38)29-17-18-30(42-29)34(2,3)4/h9-18,21-22,28H,5-8,19-20H2,1-4H3,(H,37,38)(H,39,40)/t28-/m0/s1. The molecule has 0 unspecified atom stereocenters. The summed E-state index contributed by atoms with van der Waals surface area (Å²) in [7, 11) is 0. The minimum Gasteiger partial charge on any atom is -0.494 e. The van der Waals surface area contributed by atoms with Gasteiger partial charge in [-0.1, -0.05) is 83.4 Å². The molecule has 2 N–H and O–H groups in total. The van der Waals surface area contributed by atoms with Crippen LogP contribution in [0.5, 0.6) is 5.75 Å². The van der Waals surface area contributed by atoms with E-state index >= 15 is 0 Å². The quantitative estimate of drug-likeness (QED) is 0.157. The van der Waals surface area contributed by atoms with E-state index in [2.05, 4.69) is 43.0 Å². The van der Waals surface area contributed by atoms with Gasteiger partial charge >= 0.3 is 5.97 Å². The second-order valence-corrected chi connectivity index (χ2v) is 12.5. The Morgan fingerprint density at radius 1 is 0.881 bits per heavy atom. The van der Waals surface area contributed by atoms with Crippen LogP contribution in [0.25, 0.3) is 22.5 Å². The van der Waals surface area contributed by atoms with Crippen LogP contribution in [0.4, 0.5) is 0 Å². The Bertz CT molecular complexity index is 1460. The summed E-state index contributed by atoms with van der Waals surface area (Å²) in [6.45, 7) is 9.16. The van der Waals surface area contributed by atoms with Crippen LogP contribution in [0.1, 0.15) is 73.5 Å². The maximum absolute atomic E-state index is 12.8. The minimum atomic E-state index is -1.08. The van der Waals surface area contributed by atoms with Crippen molar-refractivity contribution in [3.05, 3.63) is 88.4 Å². The van der Waals surface area contributed by atoms with Crippen LogP contribution in [-0.2, 0) is 16.6 Å². The monoisotopic (exact) mass is 585 g/mol. The van der Waals surface area contributed by atoms with Gasteiger partial charge in [0.2, 0.25) is 0 Å². The van der Waals surface area contributed by atoms with Gasteiger partial charge in [0.25, 0.3) is 5.91 Å². The van der Waals surface area contributed by atoms with Gasteiger partial charge in [-0.15, -0.1) is 11.3 Å². The van der Waals surface area contributed by atoms with Crippen molar-refractivity contribution in [1.82, 2.24) is 15.3 Å². The normalized spacial score (nSPS) is 12.1. The van der Waals surface area contributed by atoms with Gasteiger partial charge in [0.15, 0.2) is 5.82 Å². The molecule has 0 radical (unpaired) electrons. The van der Waals surface area contributed by atoms with Crippen LogP contribution >= 0.6 is 11.3 Å². The number of benzene rings is 2. The summed E-state index contributed by atoms with van der Waals surface area (Å²) in [4.78, 5) is 35.4.